The van der Waals surface area contributed by atoms with Crippen molar-refractivity contribution in [2.24, 2.45) is 0 Å². The number of hydrogen-bond donors (Lipinski definition) is 2. The van der Waals surface area contributed by atoms with Crippen molar-refractivity contribution >= 4 is 5.91 Å². The van der Waals surface area contributed by atoms with Crippen molar-refractivity contribution in [2.45, 2.75) is 32.2 Å². The Kier molecular flexibility index (Phi) is 4.63. The third-order valence-electron chi connectivity index (χ3n) is 2.82. The van der Waals surface area contributed by atoms with Gasteiger partial charge in [0.15, 0.2) is 0 Å². The Balaban J connectivity index is 2.61. The summed E-state index contributed by atoms with van der Waals surface area (Å²) in [7, 11) is 0. The van der Waals surface area contributed by atoms with Gasteiger partial charge in [0.05, 0.1) is 18.6 Å². The van der Waals surface area contributed by atoms with E-state index in [1.807, 2.05) is 6.92 Å². The highest BCUT2D eigenvalue weighted by Crippen LogP contribution is 2.09. The van der Waals surface area contributed by atoms with Crippen LogP contribution in [0.3, 0.4) is 0 Å². The zero-order chi connectivity index (χ0) is 12.9. The largest absolute Gasteiger partial charge is 0.394 e. The lowest BCUT2D eigenvalue weighted by Gasteiger charge is -2.27. The molecule has 2 N–H and O–H groups in total. The first-order valence-corrected chi connectivity index (χ1v) is 5.65. The molecule has 0 spiro atoms. The molecule has 3 nitrogen and oxygen atoms in total. The lowest BCUT2D eigenvalue weighted by atomic mass is 9.99. The van der Waals surface area contributed by atoms with E-state index in [0.29, 0.717) is 12.0 Å². The van der Waals surface area contributed by atoms with Gasteiger partial charge >= 0.3 is 0 Å². The number of aliphatic hydroxyl groups is 1. The first-order valence-electron chi connectivity index (χ1n) is 5.65. The van der Waals surface area contributed by atoms with Crippen molar-refractivity contribution < 1.29 is 14.3 Å². The van der Waals surface area contributed by atoms with Gasteiger partial charge in [-0.05, 0) is 31.0 Å². The number of rotatable bonds is 5. The minimum atomic E-state index is -0.607. The van der Waals surface area contributed by atoms with Crippen molar-refractivity contribution in [3.8, 4) is 0 Å². The number of carbonyl (C=O) groups is 1. The molecule has 0 saturated carbocycles. The van der Waals surface area contributed by atoms with Crippen LogP contribution in [0.5, 0.6) is 0 Å². The molecular formula is C13H18FNO2. The first-order chi connectivity index (χ1) is 7.99. The van der Waals surface area contributed by atoms with Gasteiger partial charge in [-0.3, -0.25) is 4.79 Å². The van der Waals surface area contributed by atoms with E-state index in [0.717, 1.165) is 0 Å². The Labute approximate surface area is 101 Å². The van der Waals surface area contributed by atoms with Crippen LogP contribution in [-0.2, 0) is 11.2 Å². The predicted octanol–water partition coefficient (Wildman–Crippen LogP) is 1.65. The van der Waals surface area contributed by atoms with Gasteiger partial charge in [0.1, 0.15) is 5.82 Å². The molecule has 1 amide bonds. The molecule has 0 aliphatic carbocycles. The Morgan fingerprint density at radius 2 is 2.24 bits per heavy atom. The van der Waals surface area contributed by atoms with Crippen molar-refractivity contribution in [2.75, 3.05) is 6.61 Å². The summed E-state index contributed by atoms with van der Waals surface area (Å²) in [4.78, 5) is 11.7. The lowest BCUT2D eigenvalue weighted by molar-refractivity contribution is -0.122. The standard InChI is InChI=1S/C13H18FNO2/c1-3-13(2,9-16)15-12(17)8-10-5-4-6-11(14)7-10/h4-7,16H,3,8-9H2,1-2H3,(H,15,17). The molecule has 0 bridgehead atoms. The summed E-state index contributed by atoms with van der Waals surface area (Å²) >= 11 is 0. The third kappa shape index (κ3) is 4.15. The zero-order valence-electron chi connectivity index (χ0n) is 10.2. The number of amides is 1. The molecule has 1 aromatic rings. The summed E-state index contributed by atoms with van der Waals surface area (Å²) in [6.07, 6.45) is 0.756. The van der Waals surface area contributed by atoms with Gasteiger partial charge in [-0.25, -0.2) is 4.39 Å². The number of benzene rings is 1. The zero-order valence-corrected chi connectivity index (χ0v) is 10.2. The minimum Gasteiger partial charge on any atom is -0.394 e. The van der Waals surface area contributed by atoms with E-state index in [1.54, 1.807) is 19.1 Å². The van der Waals surface area contributed by atoms with Gasteiger partial charge in [0.25, 0.3) is 0 Å². The Hall–Kier alpha value is -1.42. The second-order valence-electron chi connectivity index (χ2n) is 4.43. The maximum absolute atomic E-state index is 12.9. The molecule has 4 heteroatoms. The van der Waals surface area contributed by atoms with E-state index in [1.165, 1.54) is 12.1 Å². The summed E-state index contributed by atoms with van der Waals surface area (Å²) in [5.74, 6) is -0.565. The monoisotopic (exact) mass is 239 g/mol. The Morgan fingerprint density at radius 1 is 1.53 bits per heavy atom. The lowest BCUT2D eigenvalue weighted by Crippen LogP contribution is -2.48. The van der Waals surface area contributed by atoms with Gasteiger partial charge in [-0.15, -0.1) is 0 Å². The fourth-order valence-electron chi connectivity index (χ4n) is 1.45. The molecule has 0 heterocycles. The van der Waals surface area contributed by atoms with E-state index >= 15 is 0 Å². The minimum absolute atomic E-state index is 0.113. The van der Waals surface area contributed by atoms with Gasteiger partial charge in [0, 0.05) is 0 Å². The number of halogens is 1. The summed E-state index contributed by atoms with van der Waals surface area (Å²) in [6.45, 7) is 3.55. The van der Waals surface area contributed by atoms with Gasteiger partial charge in [-0.2, -0.15) is 0 Å². The molecule has 0 aromatic heterocycles. The van der Waals surface area contributed by atoms with Crippen LogP contribution >= 0.6 is 0 Å². The second-order valence-corrected chi connectivity index (χ2v) is 4.43. The van der Waals surface area contributed by atoms with Crippen LogP contribution in [-0.4, -0.2) is 23.2 Å². The summed E-state index contributed by atoms with van der Waals surface area (Å²) in [5.41, 5.74) is 0.0172. The van der Waals surface area contributed by atoms with Gasteiger partial charge < -0.3 is 10.4 Å². The van der Waals surface area contributed by atoms with Gasteiger partial charge in [-0.1, -0.05) is 19.1 Å². The average molecular weight is 239 g/mol. The quantitative estimate of drug-likeness (QED) is 0.820. The SMILES string of the molecule is CCC(C)(CO)NC(=O)Cc1cccc(F)c1. The fourth-order valence-corrected chi connectivity index (χ4v) is 1.45. The average Bonchev–Trinajstić information content (AvgIpc) is 2.28. The summed E-state index contributed by atoms with van der Waals surface area (Å²) in [5, 5.41) is 11.9. The van der Waals surface area contributed by atoms with Crippen molar-refractivity contribution in [1.82, 2.24) is 5.32 Å². The number of carbonyl (C=O) groups excluding carboxylic acids is 1. The molecule has 94 valence electrons. The molecule has 17 heavy (non-hydrogen) atoms. The Bertz CT molecular complexity index is 389. The van der Waals surface area contributed by atoms with Crippen LogP contribution < -0.4 is 5.32 Å². The topological polar surface area (TPSA) is 49.3 Å². The molecule has 0 aliphatic rings. The van der Waals surface area contributed by atoms with Crippen LogP contribution in [0.2, 0.25) is 0 Å². The smallest absolute Gasteiger partial charge is 0.224 e. The Morgan fingerprint density at radius 3 is 2.76 bits per heavy atom. The molecule has 1 rings (SSSR count). The van der Waals surface area contributed by atoms with E-state index in [2.05, 4.69) is 5.32 Å². The van der Waals surface area contributed by atoms with E-state index in [9.17, 15) is 9.18 Å². The molecule has 0 aliphatic heterocycles. The molecule has 0 saturated heterocycles. The van der Waals surface area contributed by atoms with Gasteiger partial charge in [0.2, 0.25) is 5.91 Å². The molecular weight excluding hydrogens is 221 g/mol. The summed E-state index contributed by atoms with van der Waals surface area (Å²) in [6, 6.07) is 5.95. The van der Waals surface area contributed by atoms with E-state index in [-0.39, 0.29) is 24.8 Å². The molecule has 1 aromatic carbocycles. The third-order valence-corrected chi connectivity index (χ3v) is 2.82. The van der Waals surface area contributed by atoms with Crippen LogP contribution in [0.15, 0.2) is 24.3 Å². The second kappa shape index (κ2) is 5.77. The normalized spacial score (nSPS) is 14.1. The highest BCUT2D eigenvalue weighted by atomic mass is 19.1. The maximum atomic E-state index is 12.9. The molecule has 0 radical (unpaired) electrons. The van der Waals surface area contributed by atoms with Crippen LogP contribution in [0.4, 0.5) is 4.39 Å². The summed E-state index contributed by atoms with van der Waals surface area (Å²) < 4.78 is 12.9. The van der Waals surface area contributed by atoms with E-state index < -0.39 is 5.54 Å². The van der Waals surface area contributed by atoms with Crippen LogP contribution in [0.25, 0.3) is 0 Å². The molecule has 1 unspecified atom stereocenters. The van der Waals surface area contributed by atoms with Crippen LogP contribution in [0, 0.1) is 5.82 Å². The van der Waals surface area contributed by atoms with Crippen molar-refractivity contribution in [3.63, 3.8) is 0 Å². The van der Waals surface area contributed by atoms with E-state index in [4.69, 9.17) is 5.11 Å². The molecule has 0 fully saturated rings. The highest BCUT2D eigenvalue weighted by molar-refractivity contribution is 5.79. The number of hydrogen-bond acceptors (Lipinski definition) is 2. The predicted molar refractivity (Wildman–Crippen MR) is 64.0 cm³/mol. The van der Waals surface area contributed by atoms with Crippen LogP contribution in [0.1, 0.15) is 25.8 Å². The maximum Gasteiger partial charge on any atom is 0.224 e. The number of nitrogens with one attached hydrogen (secondary N) is 1. The highest BCUT2D eigenvalue weighted by Gasteiger charge is 2.22. The van der Waals surface area contributed by atoms with Crippen molar-refractivity contribution in [3.05, 3.63) is 35.6 Å². The number of aliphatic hydroxyl groups excluding tert-OH is 1. The van der Waals surface area contributed by atoms with Crippen molar-refractivity contribution in [1.29, 1.82) is 0 Å². The fraction of sp³-hybridized carbons (Fsp3) is 0.462. The molecule has 1 atom stereocenters. The first kappa shape index (κ1) is 13.6.